The molecular formula is C19H17F2NO. The monoisotopic (exact) mass is 313 g/mol. The van der Waals surface area contributed by atoms with Crippen molar-refractivity contribution >= 4 is 12.0 Å². The minimum absolute atomic E-state index is 0.0265. The SMILES string of the molecule is Cc1c(F)ccc(CNC(=O)c2ccc3c(c2)C=CCC3)c1F. The predicted molar refractivity (Wildman–Crippen MR) is 86.1 cm³/mol. The van der Waals surface area contributed by atoms with Crippen LogP contribution >= 0.6 is 0 Å². The Labute approximate surface area is 133 Å². The van der Waals surface area contributed by atoms with Crippen LogP contribution in [0.2, 0.25) is 0 Å². The van der Waals surface area contributed by atoms with Gasteiger partial charge in [-0.1, -0.05) is 24.3 Å². The van der Waals surface area contributed by atoms with Gasteiger partial charge in [-0.15, -0.1) is 0 Å². The molecule has 0 saturated heterocycles. The smallest absolute Gasteiger partial charge is 0.251 e. The van der Waals surface area contributed by atoms with E-state index in [-0.39, 0.29) is 23.6 Å². The van der Waals surface area contributed by atoms with Crippen LogP contribution in [0, 0.1) is 18.6 Å². The molecule has 4 heteroatoms. The maximum Gasteiger partial charge on any atom is 0.251 e. The van der Waals surface area contributed by atoms with Gasteiger partial charge in [0, 0.05) is 23.2 Å². The van der Waals surface area contributed by atoms with E-state index in [9.17, 15) is 13.6 Å². The summed E-state index contributed by atoms with van der Waals surface area (Å²) in [6.45, 7) is 1.41. The van der Waals surface area contributed by atoms with E-state index in [2.05, 4.69) is 11.4 Å². The molecule has 0 spiro atoms. The van der Waals surface area contributed by atoms with Gasteiger partial charge in [-0.25, -0.2) is 8.78 Å². The second-order valence-electron chi connectivity index (χ2n) is 5.68. The third-order valence-electron chi connectivity index (χ3n) is 4.13. The largest absolute Gasteiger partial charge is 0.348 e. The molecule has 3 rings (SSSR count). The number of carbonyl (C=O) groups is 1. The van der Waals surface area contributed by atoms with Crippen LogP contribution in [0.5, 0.6) is 0 Å². The highest BCUT2D eigenvalue weighted by molar-refractivity contribution is 5.95. The topological polar surface area (TPSA) is 29.1 Å². The van der Waals surface area contributed by atoms with Gasteiger partial charge in [0.05, 0.1) is 0 Å². The zero-order chi connectivity index (χ0) is 16.4. The van der Waals surface area contributed by atoms with E-state index in [0.717, 1.165) is 18.4 Å². The van der Waals surface area contributed by atoms with Crippen LogP contribution in [0.4, 0.5) is 8.78 Å². The van der Waals surface area contributed by atoms with E-state index in [4.69, 9.17) is 0 Å². The first kappa shape index (κ1) is 15.4. The van der Waals surface area contributed by atoms with Gasteiger partial charge in [-0.2, -0.15) is 0 Å². The standard InChI is InChI=1S/C19H17F2NO/c1-12-17(20)9-8-16(18(12)21)11-22-19(23)15-7-6-13-4-2-3-5-14(13)10-15/h3,5-10H,2,4,11H2,1H3,(H,22,23). The van der Waals surface area contributed by atoms with Gasteiger partial charge in [0.1, 0.15) is 11.6 Å². The average Bonchev–Trinajstić information content (AvgIpc) is 2.58. The number of carbonyl (C=O) groups excluding carboxylic acids is 1. The van der Waals surface area contributed by atoms with Crippen molar-refractivity contribution < 1.29 is 13.6 Å². The normalized spacial score (nSPS) is 12.8. The minimum Gasteiger partial charge on any atom is -0.348 e. The van der Waals surface area contributed by atoms with Gasteiger partial charge in [0.15, 0.2) is 0 Å². The first-order valence-electron chi connectivity index (χ1n) is 7.57. The highest BCUT2D eigenvalue weighted by atomic mass is 19.1. The first-order valence-corrected chi connectivity index (χ1v) is 7.57. The average molecular weight is 313 g/mol. The highest BCUT2D eigenvalue weighted by Gasteiger charge is 2.13. The number of halogens is 2. The molecule has 1 aliphatic rings. The Morgan fingerprint density at radius 2 is 2.04 bits per heavy atom. The second kappa shape index (κ2) is 6.32. The van der Waals surface area contributed by atoms with E-state index in [1.165, 1.54) is 24.6 Å². The molecule has 0 bridgehead atoms. The van der Waals surface area contributed by atoms with Crippen LogP contribution in [-0.4, -0.2) is 5.91 Å². The Morgan fingerprint density at radius 1 is 1.22 bits per heavy atom. The first-order chi connectivity index (χ1) is 11.1. The molecule has 118 valence electrons. The second-order valence-corrected chi connectivity index (χ2v) is 5.68. The summed E-state index contributed by atoms with van der Waals surface area (Å²) in [6.07, 6.45) is 6.09. The van der Waals surface area contributed by atoms with Crippen molar-refractivity contribution in [2.45, 2.75) is 26.3 Å². The molecule has 2 aromatic rings. The Balaban J connectivity index is 1.73. The van der Waals surface area contributed by atoms with Crippen molar-refractivity contribution in [2.75, 3.05) is 0 Å². The van der Waals surface area contributed by atoms with Gasteiger partial charge >= 0.3 is 0 Å². The molecule has 0 radical (unpaired) electrons. The maximum absolute atomic E-state index is 13.9. The number of aryl methyl sites for hydroxylation is 1. The Hall–Kier alpha value is -2.49. The van der Waals surface area contributed by atoms with E-state index in [1.54, 1.807) is 6.07 Å². The van der Waals surface area contributed by atoms with E-state index >= 15 is 0 Å². The van der Waals surface area contributed by atoms with Crippen molar-refractivity contribution in [3.63, 3.8) is 0 Å². The van der Waals surface area contributed by atoms with E-state index < -0.39 is 11.6 Å². The third-order valence-corrected chi connectivity index (χ3v) is 4.13. The molecule has 1 aliphatic carbocycles. The van der Waals surface area contributed by atoms with Gasteiger partial charge in [0.25, 0.3) is 5.91 Å². The molecule has 2 nitrogen and oxygen atoms in total. The van der Waals surface area contributed by atoms with Gasteiger partial charge < -0.3 is 5.32 Å². The number of allylic oxidation sites excluding steroid dienone is 1. The van der Waals surface area contributed by atoms with Crippen LogP contribution < -0.4 is 5.32 Å². The summed E-state index contributed by atoms with van der Waals surface area (Å²) in [5.74, 6) is -1.47. The molecule has 2 aromatic carbocycles. The zero-order valence-electron chi connectivity index (χ0n) is 12.8. The molecular weight excluding hydrogens is 296 g/mol. The molecule has 0 fully saturated rings. The molecule has 0 saturated carbocycles. The molecule has 0 unspecified atom stereocenters. The fraction of sp³-hybridized carbons (Fsp3) is 0.211. The molecule has 0 heterocycles. The van der Waals surface area contributed by atoms with Crippen LogP contribution in [0.3, 0.4) is 0 Å². The fourth-order valence-corrected chi connectivity index (χ4v) is 2.70. The third kappa shape index (κ3) is 3.16. The van der Waals surface area contributed by atoms with Crippen molar-refractivity contribution in [2.24, 2.45) is 0 Å². The molecule has 0 atom stereocenters. The quantitative estimate of drug-likeness (QED) is 0.905. The van der Waals surface area contributed by atoms with E-state index in [1.807, 2.05) is 18.2 Å². The zero-order valence-corrected chi connectivity index (χ0v) is 12.8. The number of nitrogens with one attached hydrogen (secondary N) is 1. The Kier molecular flexibility index (Phi) is 4.24. The number of hydrogen-bond donors (Lipinski definition) is 1. The molecule has 0 aliphatic heterocycles. The molecule has 23 heavy (non-hydrogen) atoms. The summed E-state index contributed by atoms with van der Waals surface area (Å²) in [6, 6.07) is 8.14. The summed E-state index contributed by atoms with van der Waals surface area (Å²) in [5.41, 5.74) is 3.05. The van der Waals surface area contributed by atoms with Crippen molar-refractivity contribution in [3.05, 3.63) is 75.9 Å². The Bertz CT molecular complexity index is 796. The number of rotatable bonds is 3. The van der Waals surface area contributed by atoms with Gasteiger partial charge in [-0.3, -0.25) is 4.79 Å². The molecule has 1 amide bonds. The molecule has 1 N–H and O–H groups in total. The van der Waals surface area contributed by atoms with Crippen molar-refractivity contribution in [1.82, 2.24) is 5.32 Å². The van der Waals surface area contributed by atoms with Crippen LogP contribution in [0.1, 0.15) is 39.0 Å². The van der Waals surface area contributed by atoms with Crippen molar-refractivity contribution in [3.8, 4) is 0 Å². The Morgan fingerprint density at radius 3 is 2.87 bits per heavy atom. The summed E-state index contributed by atoms with van der Waals surface area (Å²) >= 11 is 0. The number of hydrogen-bond acceptors (Lipinski definition) is 1. The minimum atomic E-state index is -0.612. The number of fused-ring (bicyclic) bond motifs is 1. The van der Waals surface area contributed by atoms with Crippen LogP contribution in [0.15, 0.2) is 36.4 Å². The van der Waals surface area contributed by atoms with Gasteiger partial charge in [0.2, 0.25) is 0 Å². The summed E-state index contributed by atoms with van der Waals surface area (Å²) in [7, 11) is 0. The summed E-state index contributed by atoms with van der Waals surface area (Å²) < 4.78 is 27.2. The van der Waals surface area contributed by atoms with E-state index in [0.29, 0.717) is 5.56 Å². The highest BCUT2D eigenvalue weighted by Crippen LogP contribution is 2.21. The predicted octanol–water partition coefficient (Wildman–Crippen LogP) is 4.16. The summed E-state index contributed by atoms with van der Waals surface area (Å²) in [5, 5.41) is 2.68. The van der Waals surface area contributed by atoms with Crippen molar-refractivity contribution in [1.29, 1.82) is 0 Å². The lowest BCUT2D eigenvalue weighted by Gasteiger charge is -2.12. The number of benzene rings is 2. The van der Waals surface area contributed by atoms with Gasteiger partial charge in [-0.05, 0) is 49.1 Å². The maximum atomic E-state index is 13.9. The lowest BCUT2D eigenvalue weighted by atomic mass is 9.95. The fourth-order valence-electron chi connectivity index (χ4n) is 2.70. The lowest BCUT2D eigenvalue weighted by Crippen LogP contribution is -2.23. The lowest BCUT2D eigenvalue weighted by molar-refractivity contribution is 0.0950. The summed E-state index contributed by atoms with van der Waals surface area (Å²) in [4.78, 5) is 12.2. The van der Waals surface area contributed by atoms with Crippen LogP contribution in [0.25, 0.3) is 6.08 Å². The van der Waals surface area contributed by atoms with Crippen LogP contribution in [-0.2, 0) is 13.0 Å². The number of amides is 1. The molecule has 0 aromatic heterocycles.